The molecule has 0 bridgehead atoms. The first kappa shape index (κ1) is 15.0. The molecule has 2 heterocycles. The molecule has 0 fully saturated rings. The number of rotatable bonds is 4. The molecule has 3 aromatic rings. The van der Waals surface area contributed by atoms with Gasteiger partial charge < -0.3 is 4.42 Å². The Morgan fingerprint density at radius 2 is 2.00 bits per heavy atom. The molecule has 2 aromatic heterocycles. The molecule has 0 radical (unpaired) electrons. The van der Waals surface area contributed by atoms with Crippen LogP contribution in [0.5, 0.6) is 0 Å². The summed E-state index contributed by atoms with van der Waals surface area (Å²) in [6, 6.07) is 11.2. The van der Waals surface area contributed by atoms with Crippen LogP contribution in [0.4, 0.5) is 6.01 Å². The number of hydrogen-bond acceptors (Lipinski definition) is 5. The Bertz CT molecular complexity index is 802. The highest BCUT2D eigenvalue weighted by molar-refractivity contribution is 7.20. The Balaban J connectivity index is 1.69. The Morgan fingerprint density at radius 1 is 1.23 bits per heavy atom. The van der Waals surface area contributed by atoms with Crippen LogP contribution in [0.15, 0.2) is 40.8 Å². The summed E-state index contributed by atoms with van der Waals surface area (Å²) < 4.78 is 6.15. The summed E-state index contributed by atoms with van der Waals surface area (Å²) in [5.74, 6) is -0.0287. The van der Waals surface area contributed by atoms with Gasteiger partial charge in [-0.15, -0.1) is 16.4 Å². The van der Waals surface area contributed by atoms with Crippen molar-refractivity contribution in [2.45, 2.75) is 6.42 Å². The van der Waals surface area contributed by atoms with E-state index in [2.05, 4.69) is 15.5 Å². The van der Waals surface area contributed by atoms with Crippen LogP contribution < -0.4 is 5.32 Å². The van der Waals surface area contributed by atoms with Crippen LogP contribution in [0.3, 0.4) is 0 Å². The van der Waals surface area contributed by atoms with Crippen molar-refractivity contribution in [1.82, 2.24) is 10.2 Å². The van der Waals surface area contributed by atoms with Crippen LogP contribution in [-0.2, 0) is 6.42 Å². The molecule has 5 nitrogen and oxygen atoms in total. The van der Waals surface area contributed by atoms with Gasteiger partial charge in [0.1, 0.15) is 4.34 Å². The zero-order valence-corrected chi connectivity index (χ0v) is 13.4. The van der Waals surface area contributed by atoms with Crippen LogP contribution in [0, 0.1) is 0 Å². The lowest BCUT2D eigenvalue weighted by molar-refractivity contribution is 0.102. The van der Waals surface area contributed by atoms with E-state index in [1.54, 1.807) is 0 Å². The summed E-state index contributed by atoms with van der Waals surface area (Å²) in [6.07, 6.45) is 0.495. The predicted molar refractivity (Wildman–Crippen MR) is 85.8 cm³/mol. The van der Waals surface area contributed by atoms with E-state index in [4.69, 9.17) is 27.6 Å². The maximum absolute atomic E-state index is 12.0. The van der Waals surface area contributed by atoms with Crippen LogP contribution in [0.2, 0.25) is 8.67 Å². The Kier molecular flexibility index (Phi) is 4.42. The van der Waals surface area contributed by atoms with Gasteiger partial charge in [-0.1, -0.05) is 58.6 Å². The molecule has 1 amide bonds. The van der Waals surface area contributed by atoms with E-state index >= 15 is 0 Å². The molecule has 112 valence electrons. The summed E-state index contributed by atoms with van der Waals surface area (Å²) in [5, 5.41) is 10.2. The second-order valence-corrected chi connectivity index (χ2v) is 6.64. The number of halogens is 2. The van der Waals surface area contributed by atoms with Gasteiger partial charge in [-0.2, -0.15) is 0 Å². The fraction of sp³-hybridized carbons (Fsp3) is 0.0714. The topological polar surface area (TPSA) is 68.0 Å². The number of carbonyl (C=O) groups is 1. The van der Waals surface area contributed by atoms with Gasteiger partial charge in [0, 0.05) is 0 Å². The predicted octanol–water partition coefficient (Wildman–Crippen LogP) is 4.28. The fourth-order valence-corrected chi connectivity index (χ4v) is 3.26. The summed E-state index contributed by atoms with van der Waals surface area (Å²) in [5.41, 5.74) is 1.32. The lowest BCUT2D eigenvalue weighted by atomic mass is 10.2. The zero-order valence-electron chi connectivity index (χ0n) is 11.0. The molecule has 0 atom stereocenters. The van der Waals surface area contributed by atoms with Gasteiger partial charge in [0.05, 0.1) is 16.3 Å². The van der Waals surface area contributed by atoms with Crippen molar-refractivity contribution in [1.29, 1.82) is 0 Å². The summed E-state index contributed by atoms with van der Waals surface area (Å²) in [6.45, 7) is 0. The number of amides is 1. The summed E-state index contributed by atoms with van der Waals surface area (Å²) >= 11 is 12.9. The maximum Gasteiger partial charge on any atom is 0.322 e. The molecule has 0 unspecified atom stereocenters. The number of hydrogen-bond donors (Lipinski definition) is 1. The Labute approximate surface area is 139 Å². The van der Waals surface area contributed by atoms with E-state index in [1.165, 1.54) is 6.07 Å². The van der Waals surface area contributed by atoms with Gasteiger partial charge in [-0.3, -0.25) is 10.1 Å². The Hall–Kier alpha value is -1.89. The molecule has 0 saturated heterocycles. The van der Waals surface area contributed by atoms with Gasteiger partial charge in [-0.05, 0) is 11.6 Å². The van der Waals surface area contributed by atoms with E-state index in [-0.39, 0.29) is 11.6 Å². The van der Waals surface area contributed by atoms with Crippen molar-refractivity contribution in [2.75, 3.05) is 5.32 Å². The van der Waals surface area contributed by atoms with E-state index in [0.717, 1.165) is 16.9 Å². The molecule has 3 rings (SSSR count). The van der Waals surface area contributed by atoms with Crippen LogP contribution in [0.1, 0.15) is 21.8 Å². The number of nitrogens with one attached hydrogen (secondary N) is 1. The highest BCUT2D eigenvalue weighted by Crippen LogP contribution is 2.31. The van der Waals surface area contributed by atoms with E-state index in [1.807, 2.05) is 30.3 Å². The zero-order chi connectivity index (χ0) is 15.5. The highest BCUT2D eigenvalue weighted by Gasteiger charge is 2.17. The number of aromatic nitrogens is 2. The minimum Gasteiger partial charge on any atom is -0.407 e. The molecule has 0 aliphatic heterocycles. The maximum atomic E-state index is 12.0. The van der Waals surface area contributed by atoms with Crippen molar-refractivity contribution in [2.24, 2.45) is 0 Å². The number of thiophene rings is 1. The minimum atomic E-state index is -0.442. The average Bonchev–Trinajstić information content (AvgIpc) is 3.06. The van der Waals surface area contributed by atoms with Gasteiger partial charge in [0.15, 0.2) is 0 Å². The van der Waals surface area contributed by atoms with Gasteiger partial charge in [0.25, 0.3) is 5.91 Å². The van der Waals surface area contributed by atoms with Gasteiger partial charge in [0.2, 0.25) is 5.89 Å². The van der Waals surface area contributed by atoms with Gasteiger partial charge in [-0.25, -0.2) is 0 Å². The van der Waals surface area contributed by atoms with Crippen molar-refractivity contribution in [3.8, 4) is 0 Å². The number of nitrogens with zero attached hydrogens (tertiary/aromatic N) is 2. The van der Waals surface area contributed by atoms with Crippen molar-refractivity contribution < 1.29 is 9.21 Å². The third-order valence-electron chi connectivity index (χ3n) is 2.79. The molecular formula is C14H9Cl2N3O2S. The lowest BCUT2D eigenvalue weighted by Crippen LogP contribution is -2.11. The van der Waals surface area contributed by atoms with Crippen LogP contribution in [0.25, 0.3) is 0 Å². The highest BCUT2D eigenvalue weighted by atomic mass is 35.5. The third-order valence-corrected chi connectivity index (χ3v) is 4.27. The molecular weight excluding hydrogens is 345 g/mol. The SMILES string of the molecule is O=C(Nc1nnc(Cc2ccccc2)o1)c1cc(Cl)sc1Cl. The molecule has 0 aliphatic rings. The van der Waals surface area contributed by atoms with Crippen molar-refractivity contribution in [3.05, 3.63) is 62.1 Å². The molecule has 8 heteroatoms. The molecule has 1 N–H and O–H groups in total. The first-order valence-electron chi connectivity index (χ1n) is 6.24. The number of benzene rings is 1. The quantitative estimate of drug-likeness (QED) is 0.759. The van der Waals surface area contributed by atoms with E-state index in [0.29, 0.717) is 21.0 Å². The van der Waals surface area contributed by atoms with Crippen LogP contribution >= 0.6 is 34.5 Å². The van der Waals surface area contributed by atoms with E-state index in [9.17, 15) is 4.79 Å². The third kappa shape index (κ3) is 3.47. The second kappa shape index (κ2) is 6.48. The van der Waals surface area contributed by atoms with Crippen molar-refractivity contribution in [3.63, 3.8) is 0 Å². The minimum absolute atomic E-state index is 0.0225. The monoisotopic (exact) mass is 353 g/mol. The summed E-state index contributed by atoms with van der Waals surface area (Å²) in [7, 11) is 0. The summed E-state index contributed by atoms with van der Waals surface area (Å²) in [4.78, 5) is 12.0. The van der Waals surface area contributed by atoms with Crippen molar-refractivity contribution >= 4 is 46.5 Å². The first-order valence-corrected chi connectivity index (χ1v) is 7.81. The standard InChI is InChI=1S/C14H9Cl2N3O2S/c15-10-7-9(12(16)22-10)13(20)17-14-19-18-11(21-14)6-8-4-2-1-3-5-8/h1-5,7H,6H2,(H,17,19,20). The first-order chi connectivity index (χ1) is 10.6. The number of anilines is 1. The number of carbonyl (C=O) groups excluding carboxylic acids is 1. The largest absolute Gasteiger partial charge is 0.407 e. The smallest absolute Gasteiger partial charge is 0.322 e. The molecule has 0 spiro atoms. The Morgan fingerprint density at radius 3 is 2.68 bits per heavy atom. The van der Waals surface area contributed by atoms with Gasteiger partial charge >= 0.3 is 6.01 Å². The van der Waals surface area contributed by atoms with E-state index < -0.39 is 5.91 Å². The van der Waals surface area contributed by atoms with Crippen LogP contribution in [-0.4, -0.2) is 16.1 Å². The molecule has 22 heavy (non-hydrogen) atoms. The normalized spacial score (nSPS) is 10.6. The second-order valence-electron chi connectivity index (χ2n) is 4.36. The fourth-order valence-electron chi connectivity index (χ4n) is 1.81. The molecule has 1 aromatic carbocycles. The molecule has 0 saturated carbocycles. The molecule has 0 aliphatic carbocycles. The lowest BCUT2D eigenvalue weighted by Gasteiger charge is -1.98. The average molecular weight is 354 g/mol.